The van der Waals surface area contributed by atoms with E-state index in [1.165, 1.54) is 0 Å². The molecule has 0 atom stereocenters. The van der Waals surface area contributed by atoms with Crippen molar-refractivity contribution in [2.75, 3.05) is 11.9 Å². The molecule has 1 rings (SSSR count). The van der Waals surface area contributed by atoms with Crippen LogP contribution >= 0.6 is 0 Å². The molecule has 1 aromatic rings. The molecule has 0 aromatic carbocycles. The van der Waals surface area contributed by atoms with Crippen molar-refractivity contribution in [2.45, 2.75) is 20.3 Å². The van der Waals surface area contributed by atoms with E-state index in [1.807, 2.05) is 19.9 Å². The van der Waals surface area contributed by atoms with Gasteiger partial charge in [-0.05, 0) is 20.3 Å². The first kappa shape index (κ1) is 8.84. The van der Waals surface area contributed by atoms with Crippen LogP contribution in [-0.4, -0.2) is 11.5 Å². The lowest BCUT2D eigenvalue weighted by Crippen LogP contribution is -1.99. The van der Waals surface area contributed by atoms with Gasteiger partial charge in [-0.25, -0.2) is 0 Å². The summed E-state index contributed by atoms with van der Waals surface area (Å²) in [7, 11) is 0. The van der Waals surface area contributed by atoms with Crippen LogP contribution in [-0.2, 0) is 0 Å². The van der Waals surface area contributed by atoms with Gasteiger partial charge in [0, 0.05) is 6.54 Å². The normalized spacial score (nSPS) is 10.8. The molecule has 1 heterocycles. The number of hydrogen-bond donors (Lipinski definition) is 1. The van der Waals surface area contributed by atoms with Gasteiger partial charge in [0.05, 0.1) is 5.69 Å². The van der Waals surface area contributed by atoms with Crippen LogP contribution in [0.25, 0.3) is 0 Å². The second-order valence-corrected chi connectivity index (χ2v) is 2.58. The van der Waals surface area contributed by atoms with E-state index < -0.39 is 0 Å². The summed E-state index contributed by atoms with van der Waals surface area (Å²) in [6, 6.07) is 0.608. The second kappa shape index (κ2) is 4.59. The lowest BCUT2D eigenvalue weighted by molar-refractivity contribution is 0.570. The molecule has 0 fully saturated rings. The monoisotopic (exact) mass is 166 g/mol. The first-order valence-electron chi connectivity index (χ1n) is 4.10. The van der Waals surface area contributed by atoms with Crippen LogP contribution in [0.4, 0.5) is 6.01 Å². The zero-order chi connectivity index (χ0) is 8.81. The average Bonchev–Trinajstić information content (AvgIpc) is 2.45. The Morgan fingerprint density at radius 3 is 3.08 bits per heavy atom. The van der Waals surface area contributed by atoms with E-state index in [2.05, 4.69) is 16.4 Å². The van der Waals surface area contributed by atoms with Crippen LogP contribution in [0.2, 0.25) is 0 Å². The molecule has 0 spiro atoms. The van der Waals surface area contributed by atoms with Crippen molar-refractivity contribution in [3.63, 3.8) is 0 Å². The minimum absolute atomic E-state index is 0.608. The third kappa shape index (κ3) is 2.78. The zero-order valence-corrected chi connectivity index (χ0v) is 7.50. The average molecular weight is 166 g/mol. The minimum Gasteiger partial charge on any atom is -0.432 e. The van der Waals surface area contributed by atoms with Crippen LogP contribution < -0.4 is 5.32 Å². The fourth-order valence-corrected chi connectivity index (χ4v) is 0.864. The van der Waals surface area contributed by atoms with E-state index in [1.54, 1.807) is 6.26 Å². The third-order valence-electron chi connectivity index (χ3n) is 1.44. The molecule has 0 amide bonds. The van der Waals surface area contributed by atoms with E-state index in [0.29, 0.717) is 6.01 Å². The lowest BCUT2D eigenvalue weighted by atomic mass is 10.4. The summed E-state index contributed by atoms with van der Waals surface area (Å²) in [5, 5.41) is 3.07. The van der Waals surface area contributed by atoms with Crippen molar-refractivity contribution in [3.8, 4) is 0 Å². The molecule has 1 N–H and O–H groups in total. The van der Waals surface area contributed by atoms with Gasteiger partial charge in [-0.15, -0.1) is 0 Å². The van der Waals surface area contributed by atoms with Gasteiger partial charge in [0.1, 0.15) is 6.26 Å². The Labute approximate surface area is 72.5 Å². The molecule has 12 heavy (non-hydrogen) atoms. The van der Waals surface area contributed by atoms with E-state index >= 15 is 0 Å². The first-order chi connectivity index (χ1) is 5.83. The lowest BCUT2D eigenvalue weighted by Gasteiger charge is -1.96. The Balaban J connectivity index is 2.24. The summed E-state index contributed by atoms with van der Waals surface area (Å²) in [6.07, 6.45) is 6.77. The van der Waals surface area contributed by atoms with Crippen LogP contribution in [0.5, 0.6) is 0 Å². The topological polar surface area (TPSA) is 38.1 Å². The fourth-order valence-electron chi connectivity index (χ4n) is 0.864. The largest absolute Gasteiger partial charge is 0.432 e. The maximum Gasteiger partial charge on any atom is 0.294 e. The summed E-state index contributed by atoms with van der Waals surface area (Å²) >= 11 is 0. The third-order valence-corrected chi connectivity index (χ3v) is 1.44. The van der Waals surface area contributed by atoms with Crippen molar-refractivity contribution in [2.24, 2.45) is 0 Å². The van der Waals surface area contributed by atoms with E-state index in [-0.39, 0.29) is 0 Å². The Morgan fingerprint density at radius 1 is 1.67 bits per heavy atom. The van der Waals surface area contributed by atoms with Gasteiger partial charge in [0.25, 0.3) is 6.01 Å². The highest BCUT2D eigenvalue weighted by Gasteiger charge is 1.96. The predicted molar refractivity (Wildman–Crippen MR) is 49.2 cm³/mol. The predicted octanol–water partition coefficient (Wildman–Crippen LogP) is 2.36. The molecule has 0 unspecified atom stereocenters. The Bertz CT molecular complexity index is 253. The highest BCUT2D eigenvalue weighted by atomic mass is 16.4. The van der Waals surface area contributed by atoms with Crippen molar-refractivity contribution in [3.05, 3.63) is 24.1 Å². The van der Waals surface area contributed by atoms with Gasteiger partial charge in [-0.2, -0.15) is 4.98 Å². The summed E-state index contributed by atoms with van der Waals surface area (Å²) in [4.78, 5) is 4.11. The number of allylic oxidation sites excluding steroid dienone is 1. The Kier molecular flexibility index (Phi) is 3.38. The van der Waals surface area contributed by atoms with Crippen molar-refractivity contribution >= 4 is 6.01 Å². The zero-order valence-electron chi connectivity index (χ0n) is 7.50. The highest BCUT2D eigenvalue weighted by Crippen LogP contribution is 2.05. The van der Waals surface area contributed by atoms with E-state index in [4.69, 9.17) is 4.42 Å². The van der Waals surface area contributed by atoms with Gasteiger partial charge in [0.2, 0.25) is 0 Å². The van der Waals surface area contributed by atoms with Crippen LogP contribution in [0, 0.1) is 6.92 Å². The Hall–Kier alpha value is -1.25. The second-order valence-electron chi connectivity index (χ2n) is 2.58. The standard InChI is InChI=1S/C9H14N2O/c1-3-4-5-6-10-9-11-8(2)7-12-9/h3-4,7H,5-6H2,1-2H3,(H,10,11)/b4-3+. The molecule has 3 nitrogen and oxygen atoms in total. The summed E-state index contributed by atoms with van der Waals surface area (Å²) in [5.74, 6) is 0. The van der Waals surface area contributed by atoms with E-state index in [9.17, 15) is 0 Å². The number of hydrogen-bond acceptors (Lipinski definition) is 3. The molecule has 0 aliphatic rings. The fraction of sp³-hybridized carbons (Fsp3) is 0.444. The molecule has 0 bridgehead atoms. The highest BCUT2D eigenvalue weighted by molar-refractivity contribution is 5.20. The minimum atomic E-state index is 0.608. The summed E-state index contributed by atoms with van der Waals surface area (Å²) < 4.78 is 5.10. The number of nitrogens with zero attached hydrogens (tertiary/aromatic N) is 1. The van der Waals surface area contributed by atoms with Gasteiger partial charge in [0.15, 0.2) is 0 Å². The van der Waals surface area contributed by atoms with Crippen molar-refractivity contribution in [1.29, 1.82) is 0 Å². The van der Waals surface area contributed by atoms with Gasteiger partial charge in [-0.1, -0.05) is 12.2 Å². The van der Waals surface area contributed by atoms with Crippen LogP contribution in [0.1, 0.15) is 19.0 Å². The van der Waals surface area contributed by atoms with Gasteiger partial charge >= 0.3 is 0 Å². The molecular weight excluding hydrogens is 152 g/mol. The molecule has 0 aliphatic carbocycles. The molecule has 0 saturated carbocycles. The van der Waals surface area contributed by atoms with Gasteiger partial charge in [-0.3, -0.25) is 0 Å². The molecule has 0 radical (unpaired) electrons. The van der Waals surface area contributed by atoms with Gasteiger partial charge < -0.3 is 9.73 Å². The number of aromatic nitrogens is 1. The van der Waals surface area contributed by atoms with E-state index in [0.717, 1.165) is 18.7 Å². The number of aryl methyl sites for hydroxylation is 1. The van der Waals surface area contributed by atoms with Crippen LogP contribution in [0.3, 0.4) is 0 Å². The summed E-state index contributed by atoms with van der Waals surface area (Å²) in [5.41, 5.74) is 0.906. The molecule has 1 aromatic heterocycles. The SMILES string of the molecule is C/C=C/CCNc1nc(C)co1. The first-order valence-corrected chi connectivity index (χ1v) is 4.10. The smallest absolute Gasteiger partial charge is 0.294 e. The quantitative estimate of drug-likeness (QED) is 0.551. The maximum atomic E-state index is 5.10. The Morgan fingerprint density at radius 2 is 2.50 bits per heavy atom. The molecule has 0 saturated heterocycles. The molecule has 0 aliphatic heterocycles. The molecule has 66 valence electrons. The van der Waals surface area contributed by atoms with Crippen molar-refractivity contribution in [1.82, 2.24) is 4.98 Å². The molecule has 3 heteroatoms. The summed E-state index contributed by atoms with van der Waals surface area (Å²) in [6.45, 7) is 4.78. The number of rotatable bonds is 4. The van der Waals surface area contributed by atoms with Crippen molar-refractivity contribution < 1.29 is 4.42 Å². The number of anilines is 1. The molecular formula is C9H14N2O. The number of nitrogens with one attached hydrogen (secondary N) is 1. The number of oxazole rings is 1. The maximum absolute atomic E-state index is 5.10. The van der Waals surface area contributed by atoms with Crippen LogP contribution in [0.15, 0.2) is 22.8 Å².